The summed E-state index contributed by atoms with van der Waals surface area (Å²) in [5.41, 5.74) is 0.263. The third-order valence-electron chi connectivity index (χ3n) is 7.56. The van der Waals surface area contributed by atoms with Crippen LogP contribution in [0.2, 0.25) is 5.04 Å². The summed E-state index contributed by atoms with van der Waals surface area (Å²) in [7, 11) is -7.54. The van der Waals surface area contributed by atoms with Crippen molar-refractivity contribution < 1.29 is 31.7 Å². The number of benzene rings is 4. The molecule has 9 nitrogen and oxygen atoms in total. The van der Waals surface area contributed by atoms with Crippen LogP contribution >= 0.6 is 0 Å². The smallest absolute Gasteiger partial charge is 0.424 e. The van der Waals surface area contributed by atoms with Gasteiger partial charge in [-0.05, 0) is 45.6 Å². The van der Waals surface area contributed by atoms with E-state index in [-0.39, 0.29) is 34.7 Å². The van der Waals surface area contributed by atoms with Gasteiger partial charge < -0.3 is 9.16 Å². The molecule has 4 aromatic rings. The first kappa shape index (κ1) is 35.2. The molecule has 0 atom stereocenters. The van der Waals surface area contributed by atoms with Crippen LogP contribution in [0.15, 0.2) is 132 Å². The fourth-order valence-corrected chi connectivity index (χ4v) is 11.2. The second-order valence-corrected chi connectivity index (χ2v) is 17.9. The number of nitro benzene ring substituents is 1. The van der Waals surface area contributed by atoms with Crippen molar-refractivity contribution in [2.75, 3.05) is 13.2 Å². The third-order valence-corrected chi connectivity index (χ3v) is 14.3. The number of carbonyl (C=O) groups is 1. The first-order valence-corrected chi connectivity index (χ1v) is 18.3. The Hall–Kier alpha value is -4.65. The summed E-state index contributed by atoms with van der Waals surface area (Å²) in [4.78, 5) is 23.1. The van der Waals surface area contributed by atoms with Crippen LogP contribution < -0.4 is 10.4 Å². The Morgan fingerprint density at radius 1 is 0.872 bits per heavy atom. The molecule has 0 fully saturated rings. The Balaban J connectivity index is 1.57. The number of carbonyl (C=O) groups excluding carboxylic acids is 1. The van der Waals surface area contributed by atoms with Crippen LogP contribution in [-0.4, -0.2) is 45.2 Å². The monoisotopic (exact) mass is 676 g/mol. The van der Waals surface area contributed by atoms with E-state index in [2.05, 4.69) is 20.8 Å². The Bertz CT molecular complexity index is 1740. The van der Waals surface area contributed by atoms with Gasteiger partial charge in [0, 0.05) is 18.7 Å². The number of nitro groups is 1. The van der Waals surface area contributed by atoms with Crippen molar-refractivity contribution in [3.05, 3.63) is 143 Å². The number of hydrogen-bond donors (Lipinski definition) is 0. The van der Waals surface area contributed by atoms with Crippen molar-refractivity contribution in [3.63, 3.8) is 0 Å². The van der Waals surface area contributed by atoms with Crippen LogP contribution in [0.3, 0.4) is 0 Å². The Labute approximate surface area is 275 Å². The van der Waals surface area contributed by atoms with Gasteiger partial charge in [-0.25, -0.2) is 17.6 Å². The number of rotatable bonds is 13. The maximum absolute atomic E-state index is 15.5. The molecule has 0 saturated carbocycles. The van der Waals surface area contributed by atoms with Gasteiger partial charge in [0.05, 0.1) is 16.4 Å². The molecule has 0 radical (unpaired) electrons. The fraction of sp³-hybridized carbons (Fsp3) is 0.229. The molecular formula is C35H37FN2O7SSi. The van der Waals surface area contributed by atoms with Crippen molar-refractivity contribution >= 4 is 40.5 Å². The molecule has 0 aromatic heterocycles. The van der Waals surface area contributed by atoms with Gasteiger partial charge in [-0.15, -0.1) is 0 Å². The lowest BCUT2D eigenvalue weighted by Crippen LogP contribution is -2.66. The van der Waals surface area contributed by atoms with E-state index in [4.69, 9.17) is 9.16 Å². The zero-order chi connectivity index (χ0) is 34.1. The molecule has 12 heteroatoms. The predicted octanol–water partition coefficient (Wildman–Crippen LogP) is 6.74. The molecule has 246 valence electrons. The van der Waals surface area contributed by atoms with E-state index < -0.39 is 46.6 Å². The number of nitrogens with zero attached hydrogens (tertiary/aromatic N) is 2. The van der Waals surface area contributed by atoms with Crippen molar-refractivity contribution in [2.24, 2.45) is 0 Å². The zero-order valence-electron chi connectivity index (χ0n) is 26.4. The molecule has 0 N–H and O–H groups in total. The molecule has 0 heterocycles. The van der Waals surface area contributed by atoms with Crippen LogP contribution in [0.1, 0.15) is 32.8 Å². The van der Waals surface area contributed by atoms with Crippen molar-refractivity contribution in [1.82, 2.24) is 4.31 Å². The molecule has 0 bridgehead atoms. The average Bonchev–Trinajstić information content (AvgIpc) is 3.07. The van der Waals surface area contributed by atoms with Crippen molar-refractivity contribution in [1.29, 1.82) is 0 Å². The highest BCUT2D eigenvalue weighted by atomic mass is 32.2. The molecule has 0 aliphatic heterocycles. The summed E-state index contributed by atoms with van der Waals surface area (Å²) in [6, 6.07) is 32.5. The molecule has 0 saturated heterocycles. The van der Waals surface area contributed by atoms with E-state index in [1.807, 2.05) is 60.7 Å². The predicted molar refractivity (Wildman–Crippen MR) is 181 cm³/mol. The number of halogens is 1. The largest absolute Gasteiger partial charge is 0.444 e. The second kappa shape index (κ2) is 15.3. The van der Waals surface area contributed by atoms with E-state index in [9.17, 15) is 23.3 Å². The van der Waals surface area contributed by atoms with Crippen LogP contribution in [-0.2, 0) is 25.8 Å². The molecule has 4 rings (SSSR count). The third kappa shape index (κ3) is 8.39. The van der Waals surface area contributed by atoms with Gasteiger partial charge in [0.25, 0.3) is 24.0 Å². The van der Waals surface area contributed by atoms with Gasteiger partial charge in [0.1, 0.15) is 12.4 Å². The van der Waals surface area contributed by atoms with Crippen molar-refractivity contribution in [3.8, 4) is 0 Å². The van der Waals surface area contributed by atoms with Crippen molar-refractivity contribution in [2.45, 2.75) is 43.7 Å². The maximum Gasteiger partial charge on any atom is 0.424 e. The molecule has 47 heavy (non-hydrogen) atoms. The summed E-state index contributed by atoms with van der Waals surface area (Å²) in [6.45, 7) is 5.32. The van der Waals surface area contributed by atoms with Gasteiger partial charge in [-0.1, -0.05) is 112 Å². The van der Waals surface area contributed by atoms with Gasteiger partial charge in [-0.2, -0.15) is 4.31 Å². The first-order valence-electron chi connectivity index (χ1n) is 14.9. The van der Waals surface area contributed by atoms with Crippen LogP contribution in [0.25, 0.3) is 0 Å². The zero-order valence-corrected chi connectivity index (χ0v) is 28.2. The van der Waals surface area contributed by atoms with E-state index in [1.165, 1.54) is 6.08 Å². The standard InChI is InChI=1S/C35H37FN2O7SSi/c1-35(2,3)47(32-17-9-5-10-18-32,33-19-11-6-12-20-33)45-25-13-16-29(36)26-37(34(39)44-27-28-14-7-4-8-15-28)46(42,43)31-23-21-30(22-24-31)38(40)41/h4-12,14-24H,13,25-27H2,1-3H3/b29-16-. The first-order chi connectivity index (χ1) is 22.4. The summed E-state index contributed by atoms with van der Waals surface area (Å²) < 4.78 is 54.9. The fourth-order valence-electron chi connectivity index (χ4n) is 5.30. The molecular weight excluding hydrogens is 640 g/mol. The second-order valence-electron chi connectivity index (χ2n) is 11.8. The minimum Gasteiger partial charge on any atom is -0.444 e. The van der Waals surface area contributed by atoms with Gasteiger partial charge in [-0.3, -0.25) is 10.1 Å². The highest BCUT2D eigenvalue weighted by Crippen LogP contribution is 2.37. The van der Waals surface area contributed by atoms with Gasteiger partial charge in [0.15, 0.2) is 0 Å². The number of ether oxygens (including phenoxy) is 1. The average molecular weight is 677 g/mol. The lowest BCUT2D eigenvalue weighted by molar-refractivity contribution is -0.384. The van der Waals surface area contributed by atoms with Gasteiger partial charge >= 0.3 is 6.09 Å². The van der Waals surface area contributed by atoms with E-state index in [0.717, 1.165) is 34.6 Å². The summed E-state index contributed by atoms with van der Waals surface area (Å²) in [6.07, 6.45) is 0.000808. The molecule has 0 spiro atoms. The minimum absolute atomic E-state index is 0.0980. The van der Waals surface area contributed by atoms with E-state index in [0.29, 0.717) is 5.56 Å². The minimum atomic E-state index is -4.66. The summed E-state index contributed by atoms with van der Waals surface area (Å²) in [5, 5.41) is 12.9. The van der Waals surface area contributed by atoms with E-state index in [1.54, 1.807) is 30.3 Å². The maximum atomic E-state index is 15.5. The summed E-state index contributed by atoms with van der Waals surface area (Å²) >= 11 is 0. The quantitative estimate of drug-likeness (QED) is 0.0667. The topological polar surface area (TPSA) is 116 Å². The Morgan fingerprint density at radius 3 is 1.87 bits per heavy atom. The number of amides is 1. The molecule has 1 amide bonds. The lowest BCUT2D eigenvalue weighted by atomic mass is 10.2. The van der Waals surface area contributed by atoms with Crippen LogP contribution in [0.5, 0.6) is 0 Å². The van der Waals surface area contributed by atoms with Gasteiger partial charge in [0.2, 0.25) is 0 Å². The molecule has 0 aliphatic rings. The molecule has 0 aliphatic carbocycles. The Morgan fingerprint density at radius 2 is 1.38 bits per heavy atom. The lowest BCUT2D eigenvalue weighted by Gasteiger charge is -2.43. The number of sulfonamides is 1. The van der Waals surface area contributed by atoms with Crippen LogP contribution in [0.4, 0.5) is 14.9 Å². The molecule has 0 unspecified atom stereocenters. The molecule has 4 aromatic carbocycles. The number of hydrogen-bond acceptors (Lipinski definition) is 7. The highest BCUT2D eigenvalue weighted by molar-refractivity contribution is 7.89. The number of non-ortho nitro benzene ring substituents is 1. The normalized spacial score (nSPS) is 12.4. The highest BCUT2D eigenvalue weighted by Gasteiger charge is 2.50. The van der Waals surface area contributed by atoms with E-state index >= 15 is 4.39 Å². The summed E-state index contributed by atoms with van der Waals surface area (Å²) in [5.74, 6) is -0.891. The van der Waals surface area contributed by atoms with Crippen LogP contribution in [0, 0.1) is 10.1 Å². The SMILES string of the molecule is CC(C)(C)[Si](OCC/C=C(\F)CN(C(=O)OCc1ccccc1)S(=O)(=O)c1ccc([N+](=O)[O-])cc1)(c1ccccc1)c1ccccc1. The Kier molecular flexibility index (Phi) is 11.5.